The van der Waals surface area contributed by atoms with Gasteiger partial charge in [0.25, 0.3) is 0 Å². The standard InChI is InChI=1S/C11H10N4O2S2/c1-6-12-13-11-15(6)14-10(7-3-2-4-18-7)8(19-11)5-9(16)17/h2-4,8H,5H2,1H3,(H,16,17). The zero-order valence-electron chi connectivity index (χ0n) is 9.98. The minimum atomic E-state index is -0.841. The van der Waals surface area contributed by atoms with Crippen molar-refractivity contribution in [1.29, 1.82) is 0 Å². The molecule has 19 heavy (non-hydrogen) atoms. The van der Waals surface area contributed by atoms with Gasteiger partial charge >= 0.3 is 5.97 Å². The maximum atomic E-state index is 11.0. The number of carboxylic acids is 1. The van der Waals surface area contributed by atoms with E-state index in [4.69, 9.17) is 5.11 Å². The average molecular weight is 294 g/mol. The second kappa shape index (κ2) is 4.78. The average Bonchev–Trinajstić information content (AvgIpc) is 2.98. The van der Waals surface area contributed by atoms with Crippen LogP contribution in [0.4, 0.5) is 0 Å². The topological polar surface area (TPSA) is 80.4 Å². The fourth-order valence-corrected chi connectivity index (χ4v) is 3.78. The maximum Gasteiger partial charge on any atom is 0.304 e. The van der Waals surface area contributed by atoms with Crippen molar-refractivity contribution in [2.24, 2.45) is 5.10 Å². The van der Waals surface area contributed by atoms with Crippen LogP contribution in [-0.2, 0) is 4.79 Å². The minimum Gasteiger partial charge on any atom is -0.481 e. The van der Waals surface area contributed by atoms with Gasteiger partial charge in [-0.1, -0.05) is 17.8 Å². The van der Waals surface area contributed by atoms with Crippen LogP contribution in [0, 0.1) is 6.92 Å². The lowest BCUT2D eigenvalue weighted by Crippen LogP contribution is -2.26. The highest BCUT2D eigenvalue weighted by atomic mass is 32.2. The Kier molecular flexibility index (Phi) is 3.11. The zero-order valence-corrected chi connectivity index (χ0v) is 11.6. The number of rotatable bonds is 3. The van der Waals surface area contributed by atoms with Gasteiger partial charge in [0.1, 0.15) is 0 Å². The van der Waals surface area contributed by atoms with E-state index in [-0.39, 0.29) is 11.7 Å². The number of thiophene rings is 1. The van der Waals surface area contributed by atoms with E-state index in [1.165, 1.54) is 11.8 Å². The minimum absolute atomic E-state index is 0.0211. The lowest BCUT2D eigenvalue weighted by molar-refractivity contribution is -0.136. The second-order valence-corrected chi connectivity index (χ2v) is 6.13. The van der Waals surface area contributed by atoms with Crippen LogP contribution < -0.4 is 0 Å². The fourth-order valence-electron chi connectivity index (χ4n) is 1.81. The summed E-state index contributed by atoms with van der Waals surface area (Å²) in [5, 5.41) is 23.9. The number of aromatic nitrogens is 3. The normalized spacial score (nSPS) is 17.9. The molecule has 8 heteroatoms. The first-order valence-corrected chi connectivity index (χ1v) is 7.34. The molecule has 0 saturated heterocycles. The summed E-state index contributed by atoms with van der Waals surface area (Å²) in [6, 6.07) is 3.88. The lowest BCUT2D eigenvalue weighted by atomic mass is 10.1. The number of carbonyl (C=O) groups is 1. The Bertz CT molecular complexity index is 648. The number of aliphatic carboxylic acids is 1. The van der Waals surface area contributed by atoms with E-state index in [1.54, 1.807) is 16.0 Å². The highest BCUT2D eigenvalue weighted by molar-refractivity contribution is 8.00. The fraction of sp³-hybridized carbons (Fsp3) is 0.273. The summed E-state index contributed by atoms with van der Waals surface area (Å²) in [5.74, 6) is -0.142. The first kappa shape index (κ1) is 12.4. The molecule has 0 bridgehead atoms. The molecule has 1 unspecified atom stereocenters. The van der Waals surface area contributed by atoms with Gasteiger partial charge in [-0.3, -0.25) is 4.79 Å². The van der Waals surface area contributed by atoms with Gasteiger partial charge in [-0.15, -0.1) is 21.5 Å². The predicted octanol–water partition coefficient (Wildman–Crippen LogP) is 1.85. The van der Waals surface area contributed by atoms with Crippen molar-refractivity contribution >= 4 is 34.8 Å². The number of hydrogen-bond acceptors (Lipinski definition) is 6. The molecule has 0 spiro atoms. The van der Waals surface area contributed by atoms with Crippen LogP contribution >= 0.6 is 23.1 Å². The largest absolute Gasteiger partial charge is 0.481 e. The van der Waals surface area contributed by atoms with Gasteiger partial charge < -0.3 is 5.11 Å². The maximum absolute atomic E-state index is 11.0. The van der Waals surface area contributed by atoms with Crippen LogP contribution in [-0.4, -0.2) is 36.9 Å². The smallest absolute Gasteiger partial charge is 0.304 e. The molecule has 98 valence electrons. The molecular formula is C11H10N4O2S2. The van der Waals surface area contributed by atoms with E-state index < -0.39 is 5.97 Å². The molecule has 2 aromatic heterocycles. The third-order valence-corrected chi connectivity index (χ3v) is 4.69. The molecule has 6 nitrogen and oxygen atoms in total. The van der Waals surface area contributed by atoms with E-state index in [0.717, 1.165) is 10.6 Å². The third kappa shape index (κ3) is 2.28. The van der Waals surface area contributed by atoms with Gasteiger partial charge in [-0.05, 0) is 18.4 Å². The van der Waals surface area contributed by atoms with Gasteiger partial charge in [-0.2, -0.15) is 9.78 Å². The summed E-state index contributed by atoms with van der Waals surface area (Å²) in [5.41, 5.74) is 0.776. The Morgan fingerprint density at radius 3 is 3.05 bits per heavy atom. The Labute approximate surface area is 117 Å². The summed E-state index contributed by atoms with van der Waals surface area (Å²) in [6.07, 6.45) is 0.0211. The summed E-state index contributed by atoms with van der Waals surface area (Å²) < 4.78 is 1.66. The van der Waals surface area contributed by atoms with Crippen molar-refractivity contribution in [1.82, 2.24) is 14.9 Å². The number of carboxylic acid groups (broad SMARTS) is 1. The van der Waals surface area contributed by atoms with E-state index in [1.807, 2.05) is 24.4 Å². The molecule has 1 aliphatic rings. The molecule has 1 N–H and O–H groups in total. The van der Waals surface area contributed by atoms with E-state index >= 15 is 0 Å². The molecule has 1 aliphatic heterocycles. The SMILES string of the molecule is Cc1nnc2n1N=C(c1cccs1)C(CC(=O)O)S2. The van der Waals surface area contributed by atoms with Gasteiger partial charge in [0.2, 0.25) is 5.16 Å². The first-order valence-electron chi connectivity index (χ1n) is 5.58. The molecular weight excluding hydrogens is 284 g/mol. The van der Waals surface area contributed by atoms with Crippen LogP contribution in [0.2, 0.25) is 0 Å². The molecule has 0 amide bonds. The van der Waals surface area contributed by atoms with Gasteiger partial charge in [0.15, 0.2) is 5.82 Å². The molecule has 0 radical (unpaired) electrons. The highest BCUT2D eigenvalue weighted by Gasteiger charge is 2.30. The third-order valence-electron chi connectivity index (χ3n) is 2.66. The summed E-state index contributed by atoms with van der Waals surface area (Å²) >= 11 is 2.95. The van der Waals surface area contributed by atoms with Crippen LogP contribution in [0.15, 0.2) is 27.8 Å². The monoisotopic (exact) mass is 294 g/mol. The summed E-state index contributed by atoms with van der Waals surface area (Å²) in [7, 11) is 0. The van der Waals surface area contributed by atoms with Crippen LogP contribution in [0.3, 0.4) is 0 Å². The molecule has 0 fully saturated rings. The molecule has 0 aromatic carbocycles. The van der Waals surface area contributed by atoms with Crippen molar-refractivity contribution < 1.29 is 9.90 Å². The summed E-state index contributed by atoms with van der Waals surface area (Å²) in [6.45, 7) is 1.82. The highest BCUT2D eigenvalue weighted by Crippen LogP contribution is 2.33. The molecule has 0 aliphatic carbocycles. The van der Waals surface area contributed by atoms with Crippen molar-refractivity contribution in [2.45, 2.75) is 23.8 Å². The molecule has 3 heterocycles. The Hall–Kier alpha value is -1.67. The Balaban J connectivity index is 2.06. The van der Waals surface area contributed by atoms with Crippen molar-refractivity contribution in [3.05, 3.63) is 28.2 Å². The van der Waals surface area contributed by atoms with Crippen LogP contribution in [0.25, 0.3) is 0 Å². The van der Waals surface area contributed by atoms with Gasteiger partial charge in [0, 0.05) is 0 Å². The lowest BCUT2D eigenvalue weighted by Gasteiger charge is -2.20. The zero-order chi connectivity index (χ0) is 13.4. The quantitative estimate of drug-likeness (QED) is 0.934. The van der Waals surface area contributed by atoms with Crippen molar-refractivity contribution in [3.8, 4) is 0 Å². The number of fused-ring (bicyclic) bond motifs is 1. The van der Waals surface area contributed by atoms with Crippen LogP contribution in [0.1, 0.15) is 17.1 Å². The number of hydrogen-bond donors (Lipinski definition) is 1. The van der Waals surface area contributed by atoms with Crippen molar-refractivity contribution in [3.63, 3.8) is 0 Å². The Morgan fingerprint density at radius 2 is 2.37 bits per heavy atom. The molecule has 0 saturated carbocycles. The van der Waals surface area contributed by atoms with Gasteiger partial charge in [0.05, 0.1) is 22.3 Å². The predicted molar refractivity (Wildman–Crippen MR) is 72.9 cm³/mol. The molecule has 2 aromatic rings. The van der Waals surface area contributed by atoms with Crippen LogP contribution in [0.5, 0.6) is 0 Å². The number of thioether (sulfide) groups is 1. The molecule has 3 rings (SSSR count). The molecule has 1 atom stereocenters. The Morgan fingerprint density at radius 1 is 1.53 bits per heavy atom. The van der Waals surface area contributed by atoms with Gasteiger partial charge in [-0.25, -0.2) is 0 Å². The number of aryl methyl sites for hydroxylation is 1. The second-order valence-electron chi connectivity index (χ2n) is 4.01. The van der Waals surface area contributed by atoms with Crippen molar-refractivity contribution in [2.75, 3.05) is 0 Å². The van der Waals surface area contributed by atoms with E-state index in [2.05, 4.69) is 15.3 Å². The first-order chi connectivity index (χ1) is 9.15. The van der Waals surface area contributed by atoms with E-state index in [0.29, 0.717) is 11.0 Å². The van der Waals surface area contributed by atoms with E-state index in [9.17, 15) is 4.79 Å². The summed E-state index contributed by atoms with van der Waals surface area (Å²) in [4.78, 5) is 12.0. The number of nitrogens with zero attached hydrogens (tertiary/aromatic N) is 4.